The fourth-order valence-electron chi connectivity index (χ4n) is 2.99. The van der Waals surface area contributed by atoms with Crippen LogP contribution < -0.4 is 5.32 Å². The number of amides is 1. The van der Waals surface area contributed by atoms with Crippen LogP contribution in [-0.4, -0.2) is 27.1 Å². The molecule has 4 aromatic rings. The summed E-state index contributed by atoms with van der Waals surface area (Å²) < 4.78 is 14.0. The number of rotatable bonds is 5. The standard InChI is InChI=1S/C23H18FN3O2S/c1-30-19-11-12-20-21(14-19)27(29)23(26-20)16-5-9-18(10-6-16)25-22(28)13-4-15-2-7-17(24)8-3-15/h2-14,29H,1H3,(H,25,28)/b13-4+. The second kappa shape index (κ2) is 8.42. The maximum Gasteiger partial charge on any atom is 0.248 e. The van der Waals surface area contributed by atoms with Crippen molar-refractivity contribution in [2.24, 2.45) is 0 Å². The molecule has 1 amide bonds. The van der Waals surface area contributed by atoms with E-state index in [1.807, 2.05) is 24.5 Å². The second-order valence-electron chi connectivity index (χ2n) is 6.55. The van der Waals surface area contributed by atoms with E-state index in [0.29, 0.717) is 22.5 Å². The molecule has 3 aromatic carbocycles. The van der Waals surface area contributed by atoms with Gasteiger partial charge in [-0.1, -0.05) is 12.1 Å². The number of carbonyl (C=O) groups is 1. The van der Waals surface area contributed by atoms with E-state index in [4.69, 9.17) is 0 Å². The number of anilines is 1. The van der Waals surface area contributed by atoms with Gasteiger partial charge in [0.2, 0.25) is 5.91 Å². The zero-order valence-corrected chi connectivity index (χ0v) is 16.9. The molecular weight excluding hydrogens is 401 g/mol. The summed E-state index contributed by atoms with van der Waals surface area (Å²) in [6.07, 6.45) is 4.97. The van der Waals surface area contributed by atoms with Gasteiger partial charge in [0.15, 0.2) is 5.82 Å². The van der Waals surface area contributed by atoms with Crippen LogP contribution in [0.25, 0.3) is 28.5 Å². The topological polar surface area (TPSA) is 67.2 Å². The molecule has 0 fully saturated rings. The fourth-order valence-corrected chi connectivity index (χ4v) is 3.42. The lowest BCUT2D eigenvalue weighted by Crippen LogP contribution is -2.07. The Morgan fingerprint density at radius 2 is 1.83 bits per heavy atom. The van der Waals surface area contributed by atoms with Crippen molar-refractivity contribution in [3.63, 3.8) is 0 Å². The third kappa shape index (κ3) is 4.21. The number of fused-ring (bicyclic) bond motifs is 1. The molecular formula is C23H18FN3O2S. The number of carbonyl (C=O) groups excluding carboxylic acids is 1. The van der Waals surface area contributed by atoms with Crippen LogP contribution in [0, 0.1) is 5.82 Å². The van der Waals surface area contributed by atoms with Crippen LogP contribution in [0.2, 0.25) is 0 Å². The zero-order chi connectivity index (χ0) is 21.1. The molecule has 7 heteroatoms. The van der Waals surface area contributed by atoms with Gasteiger partial charge in [-0.25, -0.2) is 9.37 Å². The number of hydrogen-bond donors (Lipinski definition) is 2. The molecule has 0 aliphatic carbocycles. The van der Waals surface area contributed by atoms with Gasteiger partial charge in [-0.15, -0.1) is 11.8 Å². The average Bonchev–Trinajstić information content (AvgIpc) is 3.09. The summed E-state index contributed by atoms with van der Waals surface area (Å²) >= 11 is 1.59. The summed E-state index contributed by atoms with van der Waals surface area (Å²) in [5.74, 6) is -0.193. The minimum atomic E-state index is -0.321. The summed E-state index contributed by atoms with van der Waals surface area (Å²) in [6, 6.07) is 18.6. The first-order valence-electron chi connectivity index (χ1n) is 9.14. The summed E-state index contributed by atoms with van der Waals surface area (Å²) in [4.78, 5) is 17.6. The van der Waals surface area contributed by atoms with Gasteiger partial charge in [0.1, 0.15) is 11.3 Å². The lowest BCUT2D eigenvalue weighted by Gasteiger charge is -2.05. The minimum absolute atomic E-state index is 0.300. The summed E-state index contributed by atoms with van der Waals surface area (Å²) in [7, 11) is 0. The average molecular weight is 419 g/mol. The molecule has 4 rings (SSSR count). The normalized spacial score (nSPS) is 11.3. The highest BCUT2D eigenvalue weighted by atomic mass is 32.2. The predicted octanol–water partition coefficient (Wildman–Crippen LogP) is 5.45. The number of thioether (sulfide) groups is 1. The molecule has 0 saturated heterocycles. The molecule has 0 radical (unpaired) electrons. The van der Waals surface area contributed by atoms with Gasteiger partial charge in [0.25, 0.3) is 0 Å². The van der Waals surface area contributed by atoms with Gasteiger partial charge in [-0.05, 0) is 72.5 Å². The maximum absolute atomic E-state index is 12.9. The zero-order valence-electron chi connectivity index (χ0n) is 16.0. The van der Waals surface area contributed by atoms with Crippen LogP contribution in [-0.2, 0) is 4.79 Å². The number of aromatic nitrogens is 2. The fraction of sp³-hybridized carbons (Fsp3) is 0.0435. The smallest absolute Gasteiger partial charge is 0.248 e. The Morgan fingerprint density at radius 1 is 1.10 bits per heavy atom. The Hall–Kier alpha value is -3.58. The van der Waals surface area contributed by atoms with Gasteiger partial charge in [0.05, 0.1) is 5.52 Å². The lowest BCUT2D eigenvalue weighted by atomic mass is 10.2. The van der Waals surface area contributed by atoms with Crippen LogP contribution in [0.15, 0.2) is 77.7 Å². The Morgan fingerprint density at radius 3 is 2.53 bits per heavy atom. The Balaban J connectivity index is 1.49. The van der Waals surface area contributed by atoms with Crippen molar-refractivity contribution in [1.82, 2.24) is 9.71 Å². The quantitative estimate of drug-likeness (QED) is 0.256. The molecule has 0 unspecified atom stereocenters. The third-order valence-electron chi connectivity index (χ3n) is 4.55. The van der Waals surface area contributed by atoms with Crippen LogP contribution in [0.1, 0.15) is 5.56 Å². The van der Waals surface area contributed by atoms with Crippen molar-refractivity contribution in [2.75, 3.05) is 11.6 Å². The van der Waals surface area contributed by atoms with Crippen LogP contribution in [0.3, 0.4) is 0 Å². The largest absolute Gasteiger partial charge is 0.426 e. The Bertz CT molecular complexity index is 1230. The molecule has 1 aromatic heterocycles. The van der Waals surface area contributed by atoms with Gasteiger partial charge >= 0.3 is 0 Å². The minimum Gasteiger partial charge on any atom is -0.426 e. The molecule has 0 aliphatic heterocycles. The Labute approximate surface area is 176 Å². The molecule has 1 heterocycles. The first kappa shape index (κ1) is 19.7. The van der Waals surface area contributed by atoms with E-state index in [1.165, 1.54) is 18.2 Å². The molecule has 0 spiro atoms. The van der Waals surface area contributed by atoms with Crippen molar-refractivity contribution in [3.05, 3.63) is 84.2 Å². The lowest BCUT2D eigenvalue weighted by molar-refractivity contribution is -0.111. The van der Waals surface area contributed by atoms with E-state index in [2.05, 4.69) is 10.3 Å². The molecule has 0 aliphatic rings. The van der Waals surface area contributed by atoms with Gasteiger partial charge in [-0.2, -0.15) is 4.73 Å². The number of hydrogen-bond acceptors (Lipinski definition) is 4. The van der Waals surface area contributed by atoms with E-state index in [9.17, 15) is 14.4 Å². The number of imidazole rings is 1. The van der Waals surface area contributed by atoms with Crippen molar-refractivity contribution >= 4 is 40.5 Å². The molecule has 30 heavy (non-hydrogen) atoms. The molecule has 0 saturated carbocycles. The summed E-state index contributed by atoms with van der Waals surface area (Å²) in [6.45, 7) is 0. The van der Waals surface area contributed by atoms with E-state index in [-0.39, 0.29) is 11.7 Å². The number of nitrogens with one attached hydrogen (secondary N) is 1. The number of benzene rings is 3. The van der Waals surface area contributed by atoms with Gasteiger partial charge in [-0.3, -0.25) is 4.79 Å². The molecule has 150 valence electrons. The molecule has 0 atom stereocenters. The highest BCUT2D eigenvalue weighted by Gasteiger charge is 2.12. The Kier molecular flexibility index (Phi) is 5.54. The van der Waals surface area contributed by atoms with Crippen LogP contribution in [0.5, 0.6) is 0 Å². The molecule has 0 bridgehead atoms. The first-order chi connectivity index (χ1) is 14.5. The highest BCUT2D eigenvalue weighted by molar-refractivity contribution is 7.98. The van der Waals surface area contributed by atoms with E-state index in [0.717, 1.165) is 20.8 Å². The SMILES string of the molecule is CSc1ccc2nc(-c3ccc(NC(=O)/C=C/c4ccc(F)cc4)cc3)n(O)c2c1. The number of halogens is 1. The van der Waals surface area contributed by atoms with Crippen molar-refractivity contribution in [3.8, 4) is 11.4 Å². The van der Waals surface area contributed by atoms with E-state index < -0.39 is 0 Å². The summed E-state index contributed by atoms with van der Waals surface area (Å²) in [5.41, 5.74) is 3.40. The predicted molar refractivity (Wildman–Crippen MR) is 118 cm³/mol. The van der Waals surface area contributed by atoms with Crippen molar-refractivity contribution in [2.45, 2.75) is 4.90 Å². The molecule has 5 nitrogen and oxygen atoms in total. The maximum atomic E-state index is 12.9. The first-order valence-corrected chi connectivity index (χ1v) is 10.4. The molecule has 2 N–H and O–H groups in total. The van der Waals surface area contributed by atoms with Crippen LogP contribution in [0.4, 0.5) is 10.1 Å². The highest BCUT2D eigenvalue weighted by Crippen LogP contribution is 2.27. The summed E-state index contributed by atoms with van der Waals surface area (Å²) in [5, 5.41) is 13.3. The number of nitrogens with zero attached hydrogens (tertiary/aromatic N) is 2. The van der Waals surface area contributed by atoms with Crippen molar-refractivity contribution in [1.29, 1.82) is 0 Å². The van der Waals surface area contributed by atoms with E-state index in [1.54, 1.807) is 54.2 Å². The van der Waals surface area contributed by atoms with Gasteiger partial charge in [0, 0.05) is 22.2 Å². The van der Waals surface area contributed by atoms with Gasteiger partial charge < -0.3 is 10.5 Å². The van der Waals surface area contributed by atoms with Crippen molar-refractivity contribution < 1.29 is 14.4 Å². The monoisotopic (exact) mass is 419 g/mol. The van der Waals surface area contributed by atoms with E-state index >= 15 is 0 Å². The third-order valence-corrected chi connectivity index (χ3v) is 5.27. The van der Waals surface area contributed by atoms with Crippen LogP contribution >= 0.6 is 11.8 Å². The second-order valence-corrected chi connectivity index (χ2v) is 7.43.